The van der Waals surface area contributed by atoms with Crippen LogP contribution in [0.2, 0.25) is 0 Å². The number of methoxy groups -OCH3 is 1. The van der Waals surface area contributed by atoms with E-state index in [0.29, 0.717) is 11.7 Å². The number of hydrogen-bond acceptors (Lipinski definition) is 4. The Labute approximate surface area is 129 Å². The summed E-state index contributed by atoms with van der Waals surface area (Å²) in [6.07, 6.45) is 4.31. The zero-order valence-electron chi connectivity index (χ0n) is 12.5. The summed E-state index contributed by atoms with van der Waals surface area (Å²) in [6.45, 7) is 0. The summed E-state index contributed by atoms with van der Waals surface area (Å²) in [5.74, 6) is 4.67. The SMILES string of the molecule is COc1ccc(C2CCSCC2)cc1-c1cnn(C)c1N. The lowest BCUT2D eigenvalue weighted by molar-refractivity contribution is 0.416. The Kier molecular flexibility index (Phi) is 4.10. The molecule has 1 fully saturated rings. The fourth-order valence-electron chi connectivity index (χ4n) is 2.88. The minimum Gasteiger partial charge on any atom is -0.496 e. The van der Waals surface area contributed by atoms with Gasteiger partial charge in [-0.3, -0.25) is 4.68 Å². The molecule has 1 aliphatic rings. The standard InChI is InChI=1S/C16H21N3OS/c1-19-16(17)14(10-18-19)13-9-12(3-4-15(13)20-2)11-5-7-21-8-6-11/h3-4,9-11H,5-8,17H2,1-2H3. The number of aromatic nitrogens is 2. The van der Waals surface area contributed by atoms with Crippen LogP contribution in [0.3, 0.4) is 0 Å². The second-order valence-corrected chi connectivity index (χ2v) is 6.64. The number of thioether (sulfide) groups is 1. The van der Waals surface area contributed by atoms with Gasteiger partial charge in [-0.2, -0.15) is 16.9 Å². The third-order valence-electron chi connectivity index (χ3n) is 4.19. The van der Waals surface area contributed by atoms with Gasteiger partial charge in [-0.15, -0.1) is 0 Å². The Morgan fingerprint density at radius 1 is 1.29 bits per heavy atom. The zero-order valence-corrected chi connectivity index (χ0v) is 13.3. The van der Waals surface area contributed by atoms with Gasteiger partial charge in [0.1, 0.15) is 11.6 Å². The molecule has 1 aromatic heterocycles. The highest BCUT2D eigenvalue weighted by Crippen LogP contribution is 2.38. The van der Waals surface area contributed by atoms with Crippen LogP contribution in [-0.2, 0) is 7.05 Å². The van der Waals surface area contributed by atoms with Crippen LogP contribution in [0.25, 0.3) is 11.1 Å². The van der Waals surface area contributed by atoms with Crippen molar-refractivity contribution >= 4 is 17.6 Å². The lowest BCUT2D eigenvalue weighted by atomic mass is 9.91. The van der Waals surface area contributed by atoms with Gasteiger partial charge in [0.2, 0.25) is 0 Å². The van der Waals surface area contributed by atoms with E-state index in [2.05, 4.69) is 23.3 Å². The Bertz CT molecular complexity index is 632. The van der Waals surface area contributed by atoms with Gasteiger partial charge in [-0.05, 0) is 48.0 Å². The average Bonchev–Trinajstić information content (AvgIpc) is 2.87. The second-order valence-electron chi connectivity index (χ2n) is 5.41. The minimum atomic E-state index is 0.647. The lowest BCUT2D eigenvalue weighted by Crippen LogP contribution is -2.08. The van der Waals surface area contributed by atoms with Gasteiger partial charge in [-0.1, -0.05) is 6.07 Å². The van der Waals surface area contributed by atoms with E-state index in [-0.39, 0.29) is 0 Å². The normalized spacial score (nSPS) is 16.1. The Morgan fingerprint density at radius 2 is 2.05 bits per heavy atom. The van der Waals surface area contributed by atoms with E-state index in [1.165, 1.54) is 29.9 Å². The molecule has 0 atom stereocenters. The quantitative estimate of drug-likeness (QED) is 0.945. The number of nitrogens with two attached hydrogens (primary N) is 1. The molecule has 0 saturated carbocycles. The first-order valence-corrected chi connectivity index (χ1v) is 8.39. The molecule has 4 nitrogen and oxygen atoms in total. The maximum Gasteiger partial charge on any atom is 0.129 e. The lowest BCUT2D eigenvalue weighted by Gasteiger charge is -2.22. The Balaban J connectivity index is 2.03. The van der Waals surface area contributed by atoms with Gasteiger partial charge in [0, 0.05) is 18.2 Å². The summed E-state index contributed by atoms with van der Waals surface area (Å²) in [7, 11) is 3.55. The van der Waals surface area contributed by atoms with Crippen molar-refractivity contribution in [1.29, 1.82) is 0 Å². The Morgan fingerprint density at radius 3 is 2.67 bits per heavy atom. The highest BCUT2D eigenvalue weighted by molar-refractivity contribution is 7.99. The van der Waals surface area contributed by atoms with E-state index in [1.54, 1.807) is 11.8 Å². The molecule has 1 aromatic carbocycles. The number of benzene rings is 1. The zero-order chi connectivity index (χ0) is 14.8. The summed E-state index contributed by atoms with van der Waals surface area (Å²) in [5, 5.41) is 4.24. The van der Waals surface area contributed by atoms with Crippen molar-refractivity contribution in [2.45, 2.75) is 18.8 Å². The van der Waals surface area contributed by atoms with Gasteiger partial charge in [0.25, 0.3) is 0 Å². The molecule has 5 heteroatoms. The first-order chi connectivity index (χ1) is 10.2. The van der Waals surface area contributed by atoms with Crippen LogP contribution in [0.15, 0.2) is 24.4 Å². The van der Waals surface area contributed by atoms with Gasteiger partial charge in [0.15, 0.2) is 0 Å². The molecule has 2 N–H and O–H groups in total. The first kappa shape index (κ1) is 14.3. The van der Waals surface area contributed by atoms with Crippen LogP contribution in [0.4, 0.5) is 5.82 Å². The third-order valence-corrected chi connectivity index (χ3v) is 5.24. The molecule has 2 heterocycles. The van der Waals surface area contributed by atoms with E-state index < -0.39 is 0 Å². The van der Waals surface area contributed by atoms with Gasteiger partial charge < -0.3 is 10.5 Å². The van der Waals surface area contributed by atoms with E-state index in [4.69, 9.17) is 10.5 Å². The van der Waals surface area contributed by atoms with Crippen LogP contribution >= 0.6 is 11.8 Å². The third kappa shape index (κ3) is 2.75. The number of ether oxygens (including phenoxy) is 1. The highest BCUT2D eigenvalue weighted by Gasteiger charge is 2.19. The van der Waals surface area contributed by atoms with E-state index in [9.17, 15) is 0 Å². The molecule has 0 unspecified atom stereocenters. The monoisotopic (exact) mass is 303 g/mol. The summed E-state index contributed by atoms with van der Waals surface area (Å²) in [6, 6.07) is 6.47. The molecule has 21 heavy (non-hydrogen) atoms. The van der Waals surface area contributed by atoms with E-state index in [1.807, 2.05) is 25.0 Å². The molecule has 0 amide bonds. The fourth-order valence-corrected chi connectivity index (χ4v) is 3.98. The molecule has 1 saturated heterocycles. The number of nitrogen functional groups attached to an aromatic ring is 1. The fraction of sp³-hybridized carbons (Fsp3) is 0.438. The van der Waals surface area contributed by atoms with Crippen molar-refractivity contribution in [3.05, 3.63) is 30.0 Å². The van der Waals surface area contributed by atoms with Gasteiger partial charge in [0.05, 0.1) is 13.3 Å². The van der Waals surface area contributed by atoms with Crippen LogP contribution in [0.5, 0.6) is 5.75 Å². The predicted octanol–water partition coefficient (Wildman–Crippen LogP) is 3.29. The summed E-state index contributed by atoms with van der Waals surface area (Å²) in [5.41, 5.74) is 9.50. The largest absolute Gasteiger partial charge is 0.496 e. The maximum absolute atomic E-state index is 6.13. The molecule has 0 aliphatic carbocycles. The summed E-state index contributed by atoms with van der Waals surface area (Å²) < 4.78 is 7.20. The molecule has 1 aliphatic heterocycles. The van der Waals surface area contributed by atoms with Gasteiger partial charge >= 0.3 is 0 Å². The summed E-state index contributed by atoms with van der Waals surface area (Å²) in [4.78, 5) is 0. The van der Waals surface area contributed by atoms with Crippen LogP contribution < -0.4 is 10.5 Å². The second kappa shape index (κ2) is 6.02. The van der Waals surface area contributed by atoms with Gasteiger partial charge in [-0.25, -0.2) is 0 Å². The number of aryl methyl sites for hydroxylation is 1. The summed E-state index contributed by atoms with van der Waals surface area (Å²) >= 11 is 2.05. The minimum absolute atomic E-state index is 0.647. The van der Waals surface area contributed by atoms with Crippen molar-refractivity contribution in [3.8, 4) is 16.9 Å². The number of rotatable bonds is 3. The molecule has 0 bridgehead atoms. The molecule has 0 radical (unpaired) electrons. The topological polar surface area (TPSA) is 53.1 Å². The molecule has 2 aromatic rings. The molecular weight excluding hydrogens is 282 g/mol. The Hall–Kier alpha value is -1.62. The predicted molar refractivity (Wildman–Crippen MR) is 88.9 cm³/mol. The molecule has 112 valence electrons. The number of anilines is 1. The smallest absolute Gasteiger partial charge is 0.129 e. The van der Waals surface area contributed by atoms with Crippen molar-refractivity contribution in [2.24, 2.45) is 7.05 Å². The van der Waals surface area contributed by atoms with Crippen LogP contribution in [0, 0.1) is 0 Å². The molecular formula is C16H21N3OS. The van der Waals surface area contributed by atoms with Crippen molar-refractivity contribution in [1.82, 2.24) is 9.78 Å². The molecule has 0 spiro atoms. The van der Waals surface area contributed by atoms with Crippen molar-refractivity contribution < 1.29 is 4.74 Å². The molecule has 3 rings (SSSR count). The van der Waals surface area contributed by atoms with E-state index in [0.717, 1.165) is 16.9 Å². The van der Waals surface area contributed by atoms with Crippen LogP contribution in [-0.4, -0.2) is 28.4 Å². The van der Waals surface area contributed by atoms with Crippen molar-refractivity contribution in [3.63, 3.8) is 0 Å². The number of nitrogens with zero attached hydrogens (tertiary/aromatic N) is 2. The van der Waals surface area contributed by atoms with Crippen molar-refractivity contribution in [2.75, 3.05) is 24.3 Å². The average molecular weight is 303 g/mol. The highest BCUT2D eigenvalue weighted by atomic mass is 32.2. The van der Waals surface area contributed by atoms with Crippen LogP contribution in [0.1, 0.15) is 24.3 Å². The van der Waals surface area contributed by atoms with E-state index >= 15 is 0 Å². The first-order valence-electron chi connectivity index (χ1n) is 7.24. The maximum atomic E-state index is 6.13. The number of hydrogen-bond donors (Lipinski definition) is 1.